The first-order valence-electron chi connectivity index (χ1n) is 10.2. The number of benzene rings is 2. The highest BCUT2D eigenvalue weighted by molar-refractivity contribution is 7.89. The summed E-state index contributed by atoms with van der Waals surface area (Å²) < 4.78 is 27.9. The van der Waals surface area contributed by atoms with Crippen LogP contribution in [0.1, 0.15) is 37.3 Å². The second kappa shape index (κ2) is 8.20. The van der Waals surface area contributed by atoms with E-state index in [-0.39, 0.29) is 16.7 Å². The highest BCUT2D eigenvalue weighted by Gasteiger charge is 2.39. The number of sulfonamides is 1. The molecular formula is C22H25N3O4S. The first-order chi connectivity index (χ1) is 14.4. The zero-order valence-electron chi connectivity index (χ0n) is 16.8. The number of aryl methyl sites for hydroxylation is 2. The number of fused-ring (bicyclic) bond motifs is 1. The van der Waals surface area contributed by atoms with Crippen molar-refractivity contribution in [3.8, 4) is 0 Å². The number of rotatable bonds is 5. The fourth-order valence-electron chi connectivity index (χ4n) is 3.99. The molecule has 0 radical (unpaired) electrons. The Labute approximate surface area is 176 Å². The van der Waals surface area contributed by atoms with Gasteiger partial charge in [0.05, 0.1) is 4.90 Å². The summed E-state index contributed by atoms with van der Waals surface area (Å²) in [6, 6.07) is 11.6. The van der Waals surface area contributed by atoms with Crippen LogP contribution in [-0.2, 0) is 32.5 Å². The Hall–Kier alpha value is -2.71. The standard InChI is InChI=1S/C22H25N3O4S/c1-2-15-5-8-17(9-6-15)23-22(27)20-4-3-13-25(20)30(28,29)18-10-11-19-16(14-18)7-12-21(26)24-19/h5-6,8-11,14,20H,2-4,7,12-13H2,1H3,(H,23,27)(H,24,26). The summed E-state index contributed by atoms with van der Waals surface area (Å²) in [4.78, 5) is 24.6. The van der Waals surface area contributed by atoms with Crippen molar-refractivity contribution in [3.05, 3.63) is 53.6 Å². The normalized spacial score (nSPS) is 19.2. The molecular weight excluding hydrogens is 402 g/mol. The van der Waals surface area contributed by atoms with Crippen molar-refractivity contribution in [1.29, 1.82) is 0 Å². The SMILES string of the molecule is CCc1ccc(NC(=O)C2CCCN2S(=O)(=O)c2ccc3c(c2)CCC(=O)N3)cc1. The molecule has 8 heteroatoms. The van der Waals surface area contributed by atoms with Crippen molar-refractivity contribution in [2.75, 3.05) is 17.2 Å². The van der Waals surface area contributed by atoms with Crippen LogP contribution in [0.3, 0.4) is 0 Å². The van der Waals surface area contributed by atoms with Gasteiger partial charge in [0.15, 0.2) is 0 Å². The number of anilines is 2. The van der Waals surface area contributed by atoms with Crippen LogP contribution in [0.2, 0.25) is 0 Å². The second-order valence-corrected chi connectivity index (χ2v) is 9.57. The van der Waals surface area contributed by atoms with Gasteiger partial charge in [-0.25, -0.2) is 8.42 Å². The highest BCUT2D eigenvalue weighted by Crippen LogP contribution is 2.31. The number of carbonyl (C=O) groups excluding carboxylic acids is 2. The number of hydrogen-bond acceptors (Lipinski definition) is 4. The molecule has 0 aliphatic carbocycles. The minimum Gasteiger partial charge on any atom is -0.326 e. The highest BCUT2D eigenvalue weighted by atomic mass is 32.2. The maximum absolute atomic E-state index is 13.3. The van der Waals surface area contributed by atoms with Crippen LogP contribution in [0.4, 0.5) is 11.4 Å². The first kappa shape index (κ1) is 20.6. The van der Waals surface area contributed by atoms with Crippen molar-refractivity contribution in [2.24, 2.45) is 0 Å². The predicted molar refractivity (Wildman–Crippen MR) is 115 cm³/mol. The topological polar surface area (TPSA) is 95.6 Å². The van der Waals surface area contributed by atoms with Crippen LogP contribution in [0.25, 0.3) is 0 Å². The third-order valence-corrected chi connectivity index (χ3v) is 7.62. The predicted octanol–water partition coefficient (Wildman–Crippen LogP) is 2.93. The largest absolute Gasteiger partial charge is 0.326 e. The quantitative estimate of drug-likeness (QED) is 0.767. The Bertz CT molecular complexity index is 1080. The van der Waals surface area contributed by atoms with E-state index in [1.165, 1.54) is 15.9 Å². The maximum atomic E-state index is 13.3. The van der Waals surface area contributed by atoms with Gasteiger partial charge in [0.2, 0.25) is 21.8 Å². The van der Waals surface area contributed by atoms with Crippen LogP contribution >= 0.6 is 0 Å². The fourth-order valence-corrected chi connectivity index (χ4v) is 5.70. The minimum atomic E-state index is -3.82. The summed E-state index contributed by atoms with van der Waals surface area (Å²) in [6.45, 7) is 2.37. The van der Waals surface area contributed by atoms with E-state index in [4.69, 9.17) is 0 Å². The molecule has 2 heterocycles. The monoisotopic (exact) mass is 427 g/mol. The molecule has 1 unspecified atom stereocenters. The Morgan fingerprint density at radius 3 is 2.67 bits per heavy atom. The number of amides is 2. The molecule has 1 saturated heterocycles. The lowest BCUT2D eigenvalue weighted by Gasteiger charge is -2.24. The average molecular weight is 428 g/mol. The summed E-state index contributed by atoms with van der Waals surface area (Å²) in [5.74, 6) is -0.382. The van der Waals surface area contributed by atoms with Gasteiger partial charge in [0.1, 0.15) is 6.04 Å². The van der Waals surface area contributed by atoms with Crippen LogP contribution in [0, 0.1) is 0 Å². The summed E-state index contributed by atoms with van der Waals surface area (Å²) in [5.41, 5.74) is 3.27. The average Bonchev–Trinajstić information content (AvgIpc) is 3.25. The molecule has 30 heavy (non-hydrogen) atoms. The molecule has 1 atom stereocenters. The molecule has 7 nitrogen and oxygen atoms in total. The molecule has 0 spiro atoms. The van der Waals surface area contributed by atoms with Crippen LogP contribution in [-0.4, -0.2) is 37.1 Å². The Morgan fingerprint density at radius 1 is 1.17 bits per heavy atom. The van der Waals surface area contributed by atoms with Gasteiger partial charge >= 0.3 is 0 Å². The van der Waals surface area contributed by atoms with Gasteiger partial charge in [-0.3, -0.25) is 9.59 Å². The molecule has 0 saturated carbocycles. The van der Waals surface area contributed by atoms with Gasteiger partial charge in [-0.2, -0.15) is 4.31 Å². The summed E-state index contributed by atoms with van der Waals surface area (Å²) >= 11 is 0. The first-order valence-corrected chi connectivity index (χ1v) is 11.7. The molecule has 2 aliphatic rings. The minimum absolute atomic E-state index is 0.0682. The zero-order chi connectivity index (χ0) is 21.3. The van der Waals surface area contributed by atoms with E-state index in [0.717, 1.165) is 12.0 Å². The number of carbonyl (C=O) groups is 2. The third-order valence-electron chi connectivity index (χ3n) is 5.71. The zero-order valence-corrected chi connectivity index (χ0v) is 17.7. The van der Waals surface area contributed by atoms with Crippen molar-refractivity contribution < 1.29 is 18.0 Å². The van der Waals surface area contributed by atoms with Crippen molar-refractivity contribution >= 4 is 33.2 Å². The van der Waals surface area contributed by atoms with Gasteiger partial charge in [-0.15, -0.1) is 0 Å². The van der Waals surface area contributed by atoms with E-state index in [1.54, 1.807) is 12.1 Å². The van der Waals surface area contributed by atoms with Crippen molar-refractivity contribution in [2.45, 2.75) is 50.0 Å². The molecule has 2 aliphatic heterocycles. The molecule has 1 fully saturated rings. The van der Waals surface area contributed by atoms with Gasteiger partial charge in [0, 0.05) is 24.3 Å². The Morgan fingerprint density at radius 2 is 1.93 bits per heavy atom. The third kappa shape index (κ3) is 3.97. The molecule has 0 bridgehead atoms. The fraction of sp³-hybridized carbons (Fsp3) is 0.364. The Balaban J connectivity index is 1.54. The molecule has 2 aromatic rings. The van der Waals surface area contributed by atoms with E-state index in [2.05, 4.69) is 17.6 Å². The Kier molecular flexibility index (Phi) is 5.62. The van der Waals surface area contributed by atoms with Gasteiger partial charge in [0.25, 0.3) is 0 Å². The van der Waals surface area contributed by atoms with Gasteiger partial charge < -0.3 is 10.6 Å². The van der Waals surface area contributed by atoms with Crippen molar-refractivity contribution in [1.82, 2.24) is 4.31 Å². The number of nitrogens with one attached hydrogen (secondary N) is 2. The van der Waals surface area contributed by atoms with Crippen molar-refractivity contribution in [3.63, 3.8) is 0 Å². The van der Waals surface area contributed by atoms with Crippen LogP contribution < -0.4 is 10.6 Å². The molecule has 2 N–H and O–H groups in total. The molecule has 0 aromatic heterocycles. The lowest BCUT2D eigenvalue weighted by Crippen LogP contribution is -2.43. The van der Waals surface area contributed by atoms with Crippen LogP contribution in [0.15, 0.2) is 47.4 Å². The van der Waals surface area contributed by atoms with Gasteiger partial charge in [-0.1, -0.05) is 19.1 Å². The van der Waals surface area contributed by atoms with E-state index in [9.17, 15) is 18.0 Å². The maximum Gasteiger partial charge on any atom is 0.243 e. The van der Waals surface area contributed by atoms with E-state index < -0.39 is 16.1 Å². The van der Waals surface area contributed by atoms with E-state index in [1.807, 2.05) is 24.3 Å². The molecule has 2 amide bonds. The molecule has 2 aromatic carbocycles. The smallest absolute Gasteiger partial charge is 0.243 e. The summed E-state index contributed by atoms with van der Waals surface area (Å²) in [6.07, 6.45) is 2.86. The van der Waals surface area contributed by atoms with Crippen LogP contribution in [0.5, 0.6) is 0 Å². The number of nitrogens with zero attached hydrogens (tertiary/aromatic N) is 1. The number of hydrogen-bond donors (Lipinski definition) is 2. The summed E-state index contributed by atoms with van der Waals surface area (Å²) in [7, 11) is -3.82. The molecule has 4 rings (SSSR count). The summed E-state index contributed by atoms with van der Waals surface area (Å²) in [5, 5.41) is 5.61. The van der Waals surface area contributed by atoms with E-state index >= 15 is 0 Å². The molecule has 158 valence electrons. The van der Waals surface area contributed by atoms with E-state index in [0.29, 0.717) is 43.6 Å². The lowest BCUT2D eigenvalue weighted by molar-refractivity contribution is -0.119. The lowest BCUT2D eigenvalue weighted by atomic mass is 10.0. The second-order valence-electron chi connectivity index (χ2n) is 7.68. The van der Waals surface area contributed by atoms with Gasteiger partial charge in [-0.05, 0) is 67.1 Å².